The largest absolute Gasteiger partial charge is 0.352 e. The molecule has 0 spiro atoms. The van der Waals surface area contributed by atoms with Gasteiger partial charge in [-0.25, -0.2) is 0 Å². The topological polar surface area (TPSA) is 58.2 Å². The Labute approximate surface area is 146 Å². The zero-order valence-corrected chi connectivity index (χ0v) is 14.1. The van der Waals surface area contributed by atoms with Crippen LogP contribution in [0.3, 0.4) is 0 Å². The fourth-order valence-electron chi connectivity index (χ4n) is 2.66. The molecule has 2 amide bonds. The molecule has 1 aliphatic carbocycles. The summed E-state index contributed by atoms with van der Waals surface area (Å²) in [6.45, 7) is 2.34. The van der Waals surface area contributed by atoms with Crippen molar-refractivity contribution < 1.29 is 9.59 Å². The van der Waals surface area contributed by atoms with Crippen molar-refractivity contribution >= 4 is 29.1 Å². The number of carbonyl (C=O) groups is 2. The predicted molar refractivity (Wildman–Crippen MR) is 94.7 cm³/mol. The first-order chi connectivity index (χ1) is 11.6. The first-order valence-corrected chi connectivity index (χ1v) is 8.31. The van der Waals surface area contributed by atoms with Crippen LogP contribution in [0.25, 0.3) is 0 Å². The Bertz CT molecular complexity index is 761. The lowest BCUT2D eigenvalue weighted by atomic mass is 10.2. The number of amides is 2. The third kappa shape index (κ3) is 3.77. The van der Waals surface area contributed by atoms with E-state index in [4.69, 9.17) is 11.6 Å². The maximum atomic E-state index is 12.3. The Hall–Kier alpha value is -2.33. The van der Waals surface area contributed by atoms with Gasteiger partial charge < -0.3 is 10.6 Å². The van der Waals surface area contributed by atoms with Gasteiger partial charge in [0, 0.05) is 17.3 Å². The van der Waals surface area contributed by atoms with Crippen molar-refractivity contribution in [1.29, 1.82) is 0 Å². The number of anilines is 1. The molecule has 0 saturated heterocycles. The lowest BCUT2D eigenvalue weighted by Gasteiger charge is -2.09. The Balaban J connectivity index is 1.52. The van der Waals surface area contributed by atoms with Crippen LogP contribution in [0.4, 0.5) is 5.69 Å². The molecule has 0 aliphatic heterocycles. The third-order valence-corrected chi connectivity index (χ3v) is 4.71. The van der Waals surface area contributed by atoms with E-state index in [0.29, 0.717) is 23.7 Å². The van der Waals surface area contributed by atoms with Crippen LogP contribution in [0, 0.1) is 18.8 Å². The maximum absolute atomic E-state index is 12.3. The normalized spacial score (nSPS) is 18.8. The number of nitrogens with one attached hydrogen (secondary N) is 2. The summed E-state index contributed by atoms with van der Waals surface area (Å²) in [6.07, 6.45) is 0.589. The average molecular weight is 343 g/mol. The van der Waals surface area contributed by atoms with Crippen molar-refractivity contribution in [1.82, 2.24) is 5.32 Å². The van der Waals surface area contributed by atoms with Crippen LogP contribution in [0.2, 0.25) is 5.02 Å². The average Bonchev–Trinajstić information content (AvgIpc) is 3.39. The molecule has 2 unspecified atom stereocenters. The summed E-state index contributed by atoms with van der Waals surface area (Å²) in [6, 6.07) is 15.1. The second-order valence-corrected chi connectivity index (χ2v) is 6.46. The zero-order chi connectivity index (χ0) is 17.1. The summed E-state index contributed by atoms with van der Waals surface area (Å²) in [5, 5.41) is 6.37. The summed E-state index contributed by atoms with van der Waals surface area (Å²) in [7, 11) is 0. The SMILES string of the molecule is Cc1c(Cl)cccc1NC(=O)C1CC1C(=O)NCc1ccccc1. The molecule has 0 aromatic heterocycles. The van der Waals surface area contributed by atoms with Crippen molar-refractivity contribution in [2.75, 3.05) is 5.32 Å². The summed E-state index contributed by atoms with van der Waals surface area (Å²) in [5.74, 6) is -0.700. The van der Waals surface area contributed by atoms with E-state index in [1.165, 1.54) is 0 Å². The van der Waals surface area contributed by atoms with E-state index >= 15 is 0 Å². The van der Waals surface area contributed by atoms with Crippen molar-refractivity contribution in [3.8, 4) is 0 Å². The molecule has 24 heavy (non-hydrogen) atoms. The molecule has 2 aromatic carbocycles. The fourth-order valence-corrected chi connectivity index (χ4v) is 2.83. The van der Waals surface area contributed by atoms with Gasteiger partial charge >= 0.3 is 0 Å². The van der Waals surface area contributed by atoms with Gasteiger partial charge in [-0.1, -0.05) is 48.0 Å². The first kappa shape index (κ1) is 16.5. The number of hydrogen-bond acceptors (Lipinski definition) is 2. The molecule has 3 rings (SSSR count). The summed E-state index contributed by atoms with van der Waals surface area (Å²) >= 11 is 6.06. The molecule has 0 heterocycles. The lowest BCUT2D eigenvalue weighted by molar-refractivity contribution is -0.125. The number of halogens is 1. The van der Waals surface area contributed by atoms with Crippen LogP contribution >= 0.6 is 11.6 Å². The minimum Gasteiger partial charge on any atom is -0.352 e. The minimum atomic E-state index is -0.265. The second kappa shape index (κ2) is 7.05. The van der Waals surface area contributed by atoms with Crippen molar-refractivity contribution in [2.45, 2.75) is 19.9 Å². The summed E-state index contributed by atoms with van der Waals surface area (Å²) < 4.78 is 0. The Morgan fingerprint density at radius 1 is 1.04 bits per heavy atom. The van der Waals surface area contributed by atoms with Gasteiger partial charge in [0.15, 0.2) is 0 Å². The van der Waals surface area contributed by atoms with E-state index in [1.807, 2.05) is 43.3 Å². The Kier molecular flexibility index (Phi) is 4.86. The van der Waals surface area contributed by atoms with Crippen molar-refractivity contribution in [3.63, 3.8) is 0 Å². The van der Waals surface area contributed by atoms with E-state index in [1.54, 1.807) is 12.1 Å². The number of benzene rings is 2. The molecule has 124 valence electrons. The smallest absolute Gasteiger partial charge is 0.228 e. The summed E-state index contributed by atoms with van der Waals surface area (Å²) in [5.41, 5.74) is 2.57. The van der Waals surface area contributed by atoms with E-state index in [9.17, 15) is 9.59 Å². The molecule has 2 aromatic rings. The molecule has 2 N–H and O–H groups in total. The van der Waals surface area contributed by atoms with Gasteiger partial charge in [-0.05, 0) is 36.6 Å². The summed E-state index contributed by atoms with van der Waals surface area (Å²) in [4.78, 5) is 24.4. The third-order valence-electron chi connectivity index (χ3n) is 4.30. The molecule has 1 fully saturated rings. The molecule has 0 bridgehead atoms. The highest BCUT2D eigenvalue weighted by molar-refractivity contribution is 6.31. The van der Waals surface area contributed by atoms with Gasteiger partial charge in [-0.3, -0.25) is 9.59 Å². The van der Waals surface area contributed by atoms with Gasteiger partial charge in [0.25, 0.3) is 0 Å². The molecule has 0 radical (unpaired) electrons. The van der Waals surface area contributed by atoms with Gasteiger partial charge in [0.2, 0.25) is 11.8 Å². The quantitative estimate of drug-likeness (QED) is 0.873. The van der Waals surface area contributed by atoms with E-state index in [2.05, 4.69) is 10.6 Å². The monoisotopic (exact) mass is 342 g/mol. The molecule has 5 heteroatoms. The Morgan fingerprint density at radius 3 is 2.50 bits per heavy atom. The highest BCUT2D eigenvalue weighted by Crippen LogP contribution is 2.40. The standard InChI is InChI=1S/C19H19ClN2O2/c1-12-16(20)8-5-9-17(12)22-19(24)15-10-14(15)18(23)21-11-13-6-3-2-4-7-13/h2-9,14-15H,10-11H2,1H3,(H,21,23)(H,22,24). The van der Waals surface area contributed by atoms with Crippen LogP contribution in [0.5, 0.6) is 0 Å². The number of rotatable bonds is 5. The van der Waals surface area contributed by atoms with Crippen LogP contribution in [-0.2, 0) is 16.1 Å². The van der Waals surface area contributed by atoms with Crippen molar-refractivity contribution in [2.24, 2.45) is 11.8 Å². The molecular weight excluding hydrogens is 324 g/mol. The van der Waals surface area contributed by atoms with E-state index in [0.717, 1.165) is 11.1 Å². The molecule has 1 saturated carbocycles. The molecule has 1 aliphatic rings. The second-order valence-electron chi connectivity index (χ2n) is 6.05. The first-order valence-electron chi connectivity index (χ1n) is 7.94. The number of carbonyl (C=O) groups excluding carboxylic acids is 2. The van der Waals surface area contributed by atoms with Crippen LogP contribution in [-0.4, -0.2) is 11.8 Å². The van der Waals surface area contributed by atoms with Crippen LogP contribution in [0.15, 0.2) is 48.5 Å². The maximum Gasteiger partial charge on any atom is 0.228 e. The molecular formula is C19H19ClN2O2. The van der Waals surface area contributed by atoms with Gasteiger partial charge in [0.1, 0.15) is 0 Å². The number of hydrogen-bond donors (Lipinski definition) is 2. The lowest BCUT2D eigenvalue weighted by Crippen LogP contribution is -2.27. The highest BCUT2D eigenvalue weighted by atomic mass is 35.5. The predicted octanol–water partition coefficient (Wildman–Crippen LogP) is 3.54. The molecule has 2 atom stereocenters. The Morgan fingerprint density at radius 2 is 1.75 bits per heavy atom. The van der Waals surface area contributed by atoms with Crippen LogP contribution < -0.4 is 10.6 Å². The van der Waals surface area contributed by atoms with Gasteiger partial charge in [0.05, 0.1) is 11.8 Å². The highest BCUT2D eigenvalue weighted by Gasteiger charge is 2.47. The van der Waals surface area contributed by atoms with E-state index in [-0.39, 0.29) is 23.7 Å². The van der Waals surface area contributed by atoms with Crippen LogP contribution in [0.1, 0.15) is 17.5 Å². The minimum absolute atomic E-state index is 0.0678. The van der Waals surface area contributed by atoms with Gasteiger partial charge in [-0.15, -0.1) is 0 Å². The molecule has 4 nitrogen and oxygen atoms in total. The fraction of sp³-hybridized carbons (Fsp3) is 0.263. The van der Waals surface area contributed by atoms with Gasteiger partial charge in [-0.2, -0.15) is 0 Å². The van der Waals surface area contributed by atoms with Crippen molar-refractivity contribution in [3.05, 3.63) is 64.7 Å². The van der Waals surface area contributed by atoms with E-state index < -0.39 is 0 Å². The zero-order valence-electron chi connectivity index (χ0n) is 13.4.